The Labute approximate surface area is 119 Å². The van der Waals surface area contributed by atoms with Gasteiger partial charge in [-0.25, -0.2) is 0 Å². The minimum absolute atomic E-state index is 0.708. The second-order valence-corrected chi connectivity index (χ2v) is 4.38. The van der Waals surface area contributed by atoms with E-state index >= 15 is 0 Å². The van der Waals surface area contributed by atoms with Crippen molar-refractivity contribution in [2.24, 2.45) is 4.99 Å². The van der Waals surface area contributed by atoms with Crippen LogP contribution < -0.4 is 5.73 Å². The van der Waals surface area contributed by atoms with Crippen LogP contribution in [0.3, 0.4) is 0 Å². The molecule has 0 bridgehead atoms. The molecule has 0 atom stereocenters. The smallest absolute Gasteiger partial charge is 0.0346 e. The highest BCUT2D eigenvalue weighted by atomic mass is 14.6. The van der Waals surface area contributed by atoms with E-state index in [1.54, 1.807) is 19.5 Å². The van der Waals surface area contributed by atoms with Gasteiger partial charge in [0.25, 0.3) is 0 Å². The summed E-state index contributed by atoms with van der Waals surface area (Å²) in [7, 11) is 1.73. The van der Waals surface area contributed by atoms with Gasteiger partial charge in [-0.3, -0.25) is 9.98 Å². The molecule has 0 fully saturated rings. The van der Waals surface area contributed by atoms with Crippen LogP contribution in [0.1, 0.15) is 5.56 Å². The molecule has 1 heterocycles. The number of nitrogens with two attached hydrogens (primary N) is 1. The van der Waals surface area contributed by atoms with Crippen LogP contribution in [0.15, 0.2) is 66.4 Å². The summed E-state index contributed by atoms with van der Waals surface area (Å²) in [5.74, 6) is 0. The van der Waals surface area contributed by atoms with Crippen molar-refractivity contribution in [1.82, 2.24) is 4.98 Å². The van der Waals surface area contributed by atoms with E-state index in [2.05, 4.69) is 22.6 Å². The highest BCUT2D eigenvalue weighted by Crippen LogP contribution is 2.26. The van der Waals surface area contributed by atoms with Gasteiger partial charge in [-0.1, -0.05) is 18.7 Å². The number of hydrogen-bond acceptors (Lipinski definition) is 3. The van der Waals surface area contributed by atoms with Gasteiger partial charge in [-0.05, 0) is 47.0 Å². The third-order valence-electron chi connectivity index (χ3n) is 2.85. The van der Waals surface area contributed by atoms with Crippen molar-refractivity contribution in [3.63, 3.8) is 0 Å². The Bertz CT molecular complexity index is 655. The third-order valence-corrected chi connectivity index (χ3v) is 2.85. The Morgan fingerprint density at radius 2 is 2.15 bits per heavy atom. The molecule has 1 aromatic carbocycles. The minimum atomic E-state index is 0.708. The van der Waals surface area contributed by atoms with Crippen molar-refractivity contribution in [1.29, 1.82) is 0 Å². The molecule has 0 aliphatic heterocycles. The van der Waals surface area contributed by atoms with Gasteiger partial charge in [0.05, 0.1) is 0 Å². The third kappa shape index (κ3) is 3.42. The molecular formula is C17H17N3. The fraction of sp³-hybridized carbons (Fsp3) is 0.0588. The molecule has 3 nitrogen and oxygen atoms in total. The van der Waals surface area contributed by atoms with E-state index < -0.39 is 0 Å². The molecule has 2 rings (SSSR count). The number of aromatic nitrogens is 1. The molecule has 1 aromatic heterocycles. The van der Waals surface area contributed by atoms with Crippen LogP contribution in [0.25, 0.3) is 16.7 Å². The standard InChI is InChI=1S/C17H17N3/c1-13(5-3-7-19-2)15-9-16(11-17(18)10-15)14-6-4-8-20-12-14/h3-12H,1,18H2,2H3/b5-3-,19-7?. The lowest BCUT2D eigenvalue weighted by atomic mass is 9.99. The lowest BCUT2D eigenvalue weighted by Crippen LogP contribution is -1.90. The highest BCUT2D eigenvalue weighted by molar-refractivity contribution is 5.83. The second-order valence-electron chi connectivity index (χ2n) is 4.38. The average molecular weight is 263 g/mol. The zero-order chi connectivity index (χ0) is 14.4. The number of allylic oxidation sites excluding steroid dienone is 3. The summed E-state index contributed by atoms with van der Waals surface area (Å²) in [6.45, 7) is 4.05. The Hall–Kier alpha value is -2.68. The largest absolute Gasteiger partial charge is 0.399 e. The molecule has 3 heteroatoms. The maximum atomic E-state index is 5.98. The lowest BCUT2D eigenvalue weighted by molar-refractivity contribution is 1.33. The van der Waals surface area contributed by atoms with Crippen molar-refractivity contribution >= 4 is 17.5 Å². The summed E-state index contributed by atoms with van der Waals surface area (Å²) in [6.07, 6.45) is 9.06. The van der Waals surface area contributed by atoms with E-state index in [0.29, 0.717) is 5.69 Å². The summed E-state index contributed by atoms with van der Waals surface area (Å²) in [6, 6.07) is 9.82. The first-order valence-corrected chi connectivity index (χ1v) is 6.30. The second kappa shape index (κ2) is 6.48. The highest BCUT2D eigenvalue weighted by Gasteiger charge is 2.03. The maximum Gasteiger partial charge on any atom is 0.0346 e. The summed E-state index contributed by atoms with van der Waals surface area (Å²) in [4.78, 5) is 8.03. The van der Waals surface area contributed by atoms with Gasteiger partial charge < -0.3 is 5.73 Å². The van der Waals surface area contributed by atoms with Crippen molar-refractivity contribution in [2.45, 2.75) is 0 Å². The quantitative estimate of drug-likeness (QED) is 0.520. The molecule has 20 heavy (non-hydrogen) atoms. The van der Waals surface area contributed by atoms with Crippen LogP contribution in [-0.4, -0.2) is 18.2 Å². The molecule has 2 aromatic rings. The predicted molar refractivity (Wildman–Crippen MR) is 86.7 cm³/mol. The van der Waals surface area contributed by atoms with Gasteiger partial charge in [0.2, 0.25) is 0 Å². The van der Waals surface area contributed by atoms with E-state index in [0.717, 1.165) is 22.3 Å². The number of hydrogen-bond donors (Lipinski definition) is 1. The lowest BCUT2D eigenvalue weighted by Gasteiger charge is -2.07. The molecule has 0 aliphatic carbocycles. The Balaban J connectivity index is 2.37. The van der Waals surface area contributed by atoms with Crippen molar-refractivity contribution in [3.8, 4) is 11.1 Å². The summed E-state index contributed by atoms with van der Waals surface area (Å²) >= 11 is 0. The van der Waals surface area contributed by atoms with Crippen LogP contribution in [0, 0.1) is 0 Å². The fourth-order valence-corrected chi connectivity index (χ4v) is 1.88. The number of anilines is 1. The molecule has 0 aliphatic rings. The van der Waals surface area contributed by atoms with Gasteiger partial charge in [0.1, 0.15) is 0 Å². The predicted octanol–water partition coefficient (Wildman–Crippen LogP) is 3.60. The zero-order valence-electron chi connectivity index (χ0n) is 11.5. The Morgan fingerprint density at radius 3 is 2.85 bits per heavy atom. The molecule has 0 saturated heterocycles. The van der Waals surface area contributed by atoms with Gasteiger partial charge in [-0.15, -0.1) is 0 Å². The monoisotopic (exact) mass is 263 g/mol. The maximum absolute atomic E-state index is 5.98. The van der Waals surface area contributed by atoms with Gasteiger partial charge in [-0.2, -0.15) is 0 Å². The van der Waals surface area contributed by atoms with Crippen LogP contribution in [0.2, 0.25) is 0 Å². The molecule has 100 valence electrons. The van der Waals surface area contributed by atoms with Crippen LogP contribution in [0.5, 0.6) is 0 Å². The summed E-state index contributed by atoms with van der Waals surface area (Å²) in [5.41, 5.74) is 10.6. The average Bonchev–Trinajstić information content (AvgIpc) is 2.47. The van der Waals surface area contributed by atoms with Crippen LogP contribution in [-0.2, 0) is 0 Å². The first-order chi connectivity index (χ1) is 9.70. The van der Waals surface area contributed by atoms with Crippen LogP contribution >= 0.6 is 0 Å². The number of aliphatic imine (C=N–C) groups is 1. The van der Waals surface area contributed by atoms with Gasteiger partial charge in [0.15, 0.2) is 0 Å². The Morgan fingerprint density at radius 1 is 1.30 bits per heavy atom. The van der Waals surface area contributed by atoms with E-state index in [4.69, 9.17) is 5.73 Å². The van der Waals surface area contributed by atoms with Crippen molar-refractivity contribution in [2.75, 3.05) is 12.8 Å². The van der Waals surface area contributed by atoms with Crippen molar-refractivity contribution in [3.05, 3.63) is 67.0 Å². The van der Waals surface area contributed by atoms with E-state index in [9.17, 15) is 0 Å². The molecule has 2 N–H and O–H groups in total. The summed E-state index contributed by atoms with van der Waals surface area (Å²) in [5, 5.41) is 0. The number of nitrogens with zero attached hydrogens (tertiary/aromatic N) is 2. The molecule has 0 saturated carbocycles. The first kappa shape index (κ1) is 13.7. The van der Waals surface area contributed by atoms with Gasteiger partial charge >= 0.3 is 0 Å². The van der Waals surface area contributed by atoms with Crippen LogP contribution in [0.4, 0.5) is 5.69 Å². The van der Waals surface area contributed by atoms with Crippen molar-refractivity contribution < 1.29 is 0 Å². The number of nitrogen functional groups attached to an aromatic ring is 1. The normalized spacial score (nSPS) is 11.2. The van der Waals surface area contributed by atoms with Gasteiger partial charge in [0, 0.05) is 36.9 Å². The fourth-order valence-electron chi connectivity index (χ4n) is 1.88. The topological polar surface area (TPSA) is 51.3 Å². The minimum Gasteiger partial charge on any atom is -0.399 e. The zero-order valence-corrected chi connectivity index (χ0v) is 11.5. The number of benzene rings is 1. The number of pyridine rings is 1. The Kier molecular flexibility index (Phi) is 4.45. The summed E-state index contributed by atoms with van der Waals surface area (Å²) < 4.78 is 0. The molecule has 0 spiro atoms. The molecular weight excluding hydrogens is 246 g/mol. The molecule has 0 amide bonds. The van der Waals surface area contributed by atoms with E-state index in [1.165, 1.54) is 0 Å². The number of rotatable bonds is 4. The first-order valence-electron chi connectivity index (χ1n) is 6.30. The molecule has 0 radical (unpaired) electrons. The molecule has 0 unspecified atom stereocenters. The SMILES string of the molecule is C=C(/C=C\C=NC)c1cc(N)cc(-c2cccnc2)c1. The van der Waals surface area contributed by atoms with E-state index in [1.807, 2.05) is 42.6 Å². The van der Waals surface area contributed by atoms with E-state index in [-0.39, 0.29) is 0 Å².